The van der Waals surface area contributed by atoms with Gasteiger partial charge in [-0.25, -0.2) is 0 Å². The van der Waals surface area contributed by atoms with E-state index in [1.807, 2.05) is 10.8 Å². The van der Waals surface area contributed by atoms with Crippen LogP contribution in [0.15, 0.2) is 24.4 Å². The number of amides is 1. The number of thiophene rings is 1. The molecule has 19 heavy (non-hydrogen) atoms. The third-order valence-corrected chi connectivity index (χ3v) is 4.26. The lowest BCUT2D eigenvalue weighted by Crippen LogP contribution is -2.24. The molecule has 4 nitrogen and oxygen atoms in total. The summed E-state index contributed by atoms with van der Waals surface area (Å²) in [6, 6.07) is 6.33. The molecule has 2 aromatic heterocycles. The molecule has 1 aliphatic carbocycles. The summed E-state index contributed by atoms with van der Waals surface area (Å²) in [5, 5.41) is 2.96. The van der Waals surface area contributed by atoms with Crippen LogP contribution in [-0.4, -0.2) is 10.5 Å². The van der Waals surface area contributed by atoms with Gasteiger partial charge in [-0.15, -0.1) is 11.3 Å². The lowest BCUT2D eigenvalue weighted by Gasteiger charge is -2.07. The van der Waals surface area contributed by atoms with E-state index in [1.54, 1.807) is 17.4 Å². The molecular formula is C14H17N3OS. The fourth-order valence-corrected chi connectivity index (χ4v) is 3.01. The Morgan fingerprint density at radius 2 is 2.32 bits per heavy atom. The van der Waals surface area contributed by atoms with E-state index >= 15 is 0 Å². The molecule has 1 saturated carbocycles. The molecule has 0 saturated heterocycles. The molecule has 0 spiro atoms. The number of nitrogens with one attached hydrogen (secondary N) is 1. The number of anilines is 1. The van der Waals surface area contributed by atoms with E-state index in [0.717, 1.165) is 12.8 Å². The average molecular weight is 275 g/mol. The monoisotopic (exact) mass is 275 g/mol. The Bertz CT molecular complexity index is 610. The maximum atomic E-state index is 12.2. The highest BCUT2D eigenvalue weighted by atomic mass is 32.1. The van der Waals surface area contributed by atoms with Crippen LogP contribution < -0.4 is 11.1 Å². The first-order chi connectivity index (χ1) is 9.13. The SMILES string of the molecule is Cc1ccc(CNC(=O)c2cc(N)cn2C2CC2)s1. The molecule has 0 aromatic carbocycles. The van der Waals surface area contributed by atoms with Crippen molar-refractivity contribution in [3.05, 3.63) is 39.8 Å². The summed E-state index contributed by atoms with van der Waals surface area (Å²) in [7, 11) is 0. The molecular weight excluding hydrogens is 258 g/mol. The van der Waals surface area contributed by atoms with Gasteiger partial charge in [0.2, 0.25) is 0 Å². The van der Waals surface area contributed by atoms with Crippen molar-refractivity contribution in [1.82, 2.24) is 9.88 Å². The first kappa shape index (κ1) is 12.3. The van der Waals surface area contributed by atoms with Crippen LogP contribution in [0, 0.1) is 6.92 Å². The van der Waals surface area contributed by atoms with Gasteiger partial charge in [0.1, 0.15) is 5.69 Å². The molecule has 1 aliphatic rings. The lowest BCUT2D eigenvalue weighted by atomic mass is 10.3. The van der Waals surface area contributed by atoms with Crippen LogP contribution in [0.25, 0.3) is 0 Å². The Balaban J connectivity index is 1.70. The number of hydrogen-bond donors (Lipinski definition) is 2. The largest absolute Gasteiger partial charge is 0.397 e. The molecule has 0 aliphatic heterocycles. The Morgan fingerprint density at radius 3 is 2.95 bits per heavy atom. The molecule has 2 heterocycles. The van der Waals surface area contributed by atoms with E-state index in [9.17, 15) is 4.79 Å². The highest BCUT2D eigenvalue weighted by Crippen LogP contribution is 2.37. The summed E-state index contributed by atoms with van der Waals surface area (Å²) >= 11 is 1.71. The van der Waals surface area contributed by atoms with Crippen LogP contribution in [-0.2, 0) is 6.54 Å². The van der Waals surface area contributed by atoms with E-state index in [0.29, 0.717) is 24.0 Å². The van der Waals surface area contributed by atoms with Gasteiger partial charge in [-0.3, -0.25) is 4.79 Å². The quantitative estimate of drug-likeness (QED) is 0.901. The standard InChI is InChI=1S/C14H17N3OS/c1-9-2-5-12(19-9)7-16-14(18)13-6-10(15)8-17(13)11-3-4-11/h2,5-6,8,11H,3-4,7,15H2,1H3,(H,16,18). The summed E-state index contributed by atoms with van der Waals surface area (Å²) < 4.78 is 2.00. The lowest BCUT2D eigenvalue weighted by molar-refractivity contribution is 0.0942. The topological polar surface area (TPSA) is 60.1 Å². The molecule has 0 atom stereocenters. The molecule has 5 heteroatoms. The molecule has 3 N–H and O–H groups in total. The molecule has 1 fully saturated rings. The Labute approximate surface area is 116 Å². The highest BCUT2D eigenvalue weighted by Gasteiger charge is 2.27. The van der Waals surface area contributed by atoms with Crippen molar-refractivity contribution in [1.29, 1.82) is 0 Å². The Morgan fingerprint density at radius 1 is 1.53 bits per heavy atom. The molecule has 0 unspecified atom stereocenters. The van der Waals surface area contributed by atoms with Crippen molar-refractivity contribution in [2.24, 2.45) is 0 Å². The van der Waals surface area contributed by atoms with E-state index in [2.05, 4.69) is 24.4 Å². The van der Waals surface area contributed by atoms with E-state index in [4.69, 9.17) is 5.73 Å². The van der Waals surface area contributed by atoms with Gasteiger partial charge in [0.05, 0.1) is 12.2 Å². The summed E-state index contributed by atoms with van der Waals surface area (Å²) in [6.45, 7) is 2.64. The van der Waals surface area contributed by atoms with Crippen molar-refractivity contribution >= 4 is 22.9 Å². The minimum atomic E-state index is -0.0466. The third kappa shape index (κ3) is 2.66. The molecule has 0 bridgehead atoms. The van der Waals surface area contributed by atoms with Gasteiger partial charge in [0.15, 0.2) is 0 Å². The van der Waals surface area contributed by atoms with Crippen LogP contribution in [0.2, 0.25) is 0 Å². The summed E-state index contributed by atoms with van der Waals surface area (Å²) in [4.78, 5) is 14.6. The van der Waals surface area contributed by atoms with Crippen molar-refractivity contribution in [3.8, 4) is 0 Å². The van der Waals surface area contributed by atoms with Crippen LogP contribution in [0.3, 0.4) is 0 Å². The van der Waals surface area contributed by atoms with Crippen molar-refractivity contribution in [2.75, 3.05) is 5.73 Å². The van der Waals surface area contributed by atoms with Crippen LogP contribution in [0.4, 0.5) is 5.69 Å². The number of nitrogens with zero attached hydrogens (tertiary/aromatic N) is 1. The molecule has 2 aromatic rings. The van der Waals surface area contributed by atoms with E-state index < -0.39 is 0 Å². The number of hydrogen-bond acceptors (Lipinski definition) is 3. The van der Waals surface area contributed by atoms with E-state index in [1.165, 1.54) is 9.75 Å². The maximum absolute atomic E-state index is 12.2. The second-order valence-electron chi connectivity index (χ2n) is 4.99. The van der Waals surface area contributed by atoms with Crippen LogP contribution >= 0.6 is 11.3 Å². The molecule has 1 amide bonds. The minimum Gasteiger partial charge on any atom is -0.397 e. The van der Waals surface area contributed by atoms with Gasteiger partial charge in [-0.05, 0) is 38.0 Å². The van der Waals surface area contributed by atoms with Crippen LogP contribution in [0.1, 0.15) is 39.1 Å². The fraction of sp³-hybridized carbons (Fsp3) is 0.357. The van der Waals surface area contributed by atoms with Crippen molar-refractivity contribution in [2.45, 2.75) is 32.4 Å². The molecule has 0 radical (unpaired) electrons. The molecule has 3 rings (SSSR count). The average Bonchev–Trinajstić information content (AvgIpc) is 3.03. The number of rotatable bonds is 4. The van der Waals surface area contributed by atoms with Gasteiger partial charge in [-0.1, -0.05) is 0 Å². The zero-order chi connectivity index (χ0) is 13.4. The second-order valence-corrected chi connectivity index (χ2v) is 6.36. The zero-order valence-electron chi connectivity index (χ0n) is 10.8. The summed E-state index contributed by atoms with van der Waals surface area (Å²) in [6.07, 6.45) is 4.14. The number of carbonyl (C=O) groups excluding carboxylic acids is 1. The number of carbonyl (C=O) groups is 1. The molecule has 100 valence electrons. The van der Waals surface area contributed by atoms with Crippen molar-refractivity contribution < 1.29 is 4.79 Å². The van der Waals surface area contributed by atoms with Gasteiger partial charge < -0.3 is 15.6 Å². The minimum absolute atomic E-state index is 0.0466. The van der Waals surface area contributed by atoms with Gasteiger partial charge >= 0.3 is 0 Å². The fourth-order valence-electron chi connectivity index (χ4n) is 2.18. The summed E-state index contributed by atoms with van der Waals surface area (Å²) in [5.41, 5.74) is 7.13. The zero-order valence-corrected chi connectivity index (χ0v) is 11.7. The predicted molar refractivity (Wildman–Crippen MR) is 77.3 cm³/mol. The summed E-state index contributed by atoms with van der Waals surface area (Å²) in [5.74, 6) is -0.0466. The Hall–Kier alpha value is -1.75. The van der Waals surface area contributed by atoms with E-state index in [-0.39, 0.29) is 5.91 Å². The van der Waals surface area contributed by atoms with Gasteiger partial charge in [-0.2, -0.15) is 0 Å². The van der Waals surface area contributed by atoms with Gasteiger partial charge in [0.25, 0.3) is 5.91 Å². The first-order valence-corrected chi connectivity index (χ1v) is 7.26. The van der Waals surface area contributed by atoms with Gasteiger partial charge in [0, 0.05) is 22.0 Å². The smallest absolute Gasteiger partial charge is 0.268 e. The third-order valence-electron chi connectivity index (χ3n) is 3.26. The second kappa shape index (κ2) is 4.74. The number of aryl methyl sites for hydroxylation is 1. The number of nitrogen functional groups attached to an aromatic ring is 1. The van der Waals surface area contributed by atoms with Crippen molar-refractivity contribution in [3.63, 3.8) is 0 Å². The number of nitrogens with two attached hydrogens (primary N) is 1. The predicted octanol–water partition coefficient (Wildman–Crippen LogP) is 2.71. The number of aromatic nitrogens is 1. The normalized spacial score (nSPS) is 14.6. The Kier molecular flexibility index (Phi) is 3.06. The highest BCUT2D eigenvalue weighted by molar-refractivity contribution is 7.11. The van der Waals surface area contributed by atoms with Crippen LogP contribution in [0.5, 0.6) is 0 Å². The maximum Gasteiger partial charge on any atom is 0.268 e. The first-order valence-electron chi connectivity index (χ1n) is 6.44.